The lowest BCUT2D eigenvalue weighted by atomic mass is 10.0. The molecule has 1 N–H and O–H groups in total. The molecule has 19 heavy (non-hydrogen) atoms. The number of methoxy groups -OCH3 is 1. The highest BCUT2D eigenvalue weighted by Crippen LogP contribution is 2.22. The van der Waals surface area contributed by atoms with Crippen molar-refractivity contribution in [1.82, 2.24) is 9.97 Å². The summed E-state index contributed by atoms with van der Waals surface area (Å²) in [5, 5.41) is 10.5. The molecule has 100 valence electrons. The van der Waals surface area contributed by atoms with Gasteiger partial charge in [0, 0.05) is 17.5 Å². The van der Waals surface area contributed by atoms with E-state index in [1.165, 1.54) is 37.7 Å². The number of halogens is 2. The van der Waals surface area contributed by atoms with Crippen LogP contribution in [-0.4, -0.2) is 22.2 Å². The highest BCUT2D eigenvalue weighted by Gasteiger charge is 2.14. The van der Waals surface area contributed by atoms with Gasteiger partial charge in [0.25, 0.3) is 0 Å². The first-order valence-electron chi connectivity index (χ1n) is 5.58. The summed E-state index contributed by atoms with van der Waals surface area (Å²) in [4.78, 5) is 7.78. The van der Waals surface area contributed by atoms with Crippen molar-refractivity contribution < 1.29 is 14.2 Å². The Kier molecular flexibility index (Phi) is 4.29. The predicted molar refractivity (Wildman–Crippen MR) is 68.7 cm³/mol. The van der Waals surface area contributed by atoms with Gasteiger partial charge in [-0.3, -0.25) is 0 Å². The SMILES string of the molecule is COc1cc(C(O)Cc2cc(Cl)ccc2F)ncn1. The Bertz CT molecular complexity index is 580. The molecule has 0 aliphatic rings. The number of hydrogen-bond acceptors (Lipinski definition) is 4. The normalized spacial score (nSPS) is 12.2. The first-order chi connectivity index (χ1) is 9.10. The van der Waals surface area contributed by atoms with Gasteiger partial charge in [0.2, 0.25) is 5.88 Å². The molecule has 0 aliphatic carbocycles. The second-order valence-corrected chi connectivity index (χ2v) is 4.38. The van der Waals surface area contributed by atoms with Gasteiger partial charge in [-0.15, -0.1) is 0 Å². The Morgan fingerprint density at radius 3 is 2.89 bits per heavy atom. The number of hydrogen-bond donors (Lipinski definition) is 1. The highest BCUT2D eigenvalue weighted by atomic mass is 35.5. The van der Waals surface area contributed by atoms with Crippen LogP contribution in [-0.2, 0) is 6.42 Å². The number of ether oxygens (including phenoxy) is 1. The minimum atomic E-state index is -0.954. The van der Waals surface area contributed by atoms with Crippen molar-refractivity contribution in [3.8, 4) is 5.88 Å². The van der Waals surface area contributed by atoms with Crippen LogP contribution in [0.25, 0.3) is 0 Å². The summed E-state index contributed by atoms with van der Waals surface area (Å²) in [7, 11) is 1.47. The van der Waals surface area contributed by atoms with E-state index in [9.17, 15) is 9.50 Å². The molecule has 1 aromatic heterocycles. The fourth-order valence-corrected chi connectivity index (χ4v) is 1.85. The molecule has 0 aliphatic heterocycles. The monoisotopic (exact) mass is 282 g/mol. The molecular weight excluding hydrogens is 271 g/mol. The van der Waals surface area contributed by atoms with Gasteiger partial charge in [-0.05, 0) is 23.8 Å². The van der Waals surface area contributed by atoms with Crippen molar-refractivity contribution in [3.05, 3.63) is 52.7 Å². The fraction of sp³-hybridized carbons (Fsp3) is 0.231. The lowest BCUT2D eigenvalue weighted by Gasteiger charge is -2.11. The van der Waals surface area contributed by atoms with E-state index in [1.54, 1.807) is 0 Å². The van der Waals surface area contributed by atoms with Gasteiger partial charge in [0.15, 0.2) is 0 Å². The van der Waals surface area contributed by atoms with Gasteiger partial charge in [-0.25, -0.2) is 14.4 Å². The van der Waals surface area contributed by atoms with Crippen LogP contribution in [0, 0.1) is 5.82 Å². The number of benzene rings is 1. The Balaban J connectivity index is 2.20. The number of aromatic nitrogens is 2. The van der Waals surface area contributed by atoms with Gasteiger partial charge in [0.1, 0.15) is 18.2 Å². The van der Waals surface area contributed by atoms with Crippen LogP contribution in [0.15, 0.2) is 30.6 Å². The van der Waals surface area contributed by atoms with Crippen molar-refractivity contribution in [2.75, 3.05) is 7.11 Å². The van der Waals surface area contributed by atoms with Crippen LogP contribution in [0.1, 0.15) is 17.4 Å². The highest BCUT2D eigenvalue weighted by molar-refractivity contribution is 6.30. The second-order valence-electron chi connectivity index (χ2n) is 3.94. The van der Waals surface area contributed by atoms with Crippen LogP contribution >= 0.6 is 11.6 Å². The summed E-state index contributed by atoms with van der Waals surface area (Å²) in [5.41, 5.74) is 0.698. The van der Waals surface area contributed by atoms with Crippen molar-refractivity contribution in [2.24, 2.45) is 0 Å². The van der Waals surface area contributed by atoms with Gasteiger partial charge < -0.3 is 9.84 Å². The summed E-state index contributed by atoms with van der Waals surface area (Å²) in [6.07, 6.45) is 0.406. The first-order valence-corrected chi connectivity index (χ1v) is 5.96. The Hall–Kier alpha value is -1.72. The summed E-state index contributed by atoms with van der Waals surface area (Å²) in [6, 6.07) is 5.72. The van der Waals surface area contributed by atoms with E-state index >= 15 is 0 Å². The van der Waals surface area contributed by atoms with E-state index in [2.05, 4.69) is 9.97 Å². The molecule has 2 rings (SSSR count). The smallest absolute Gasteiger partial charge is 0.216 e. The maximum Gasteiger partial charge on any atom is 0.216 e. The molecule has 0 radical (unpaired) electrons. The zero-order chi connectivity index (χ0) is 13.8. The lowest BCUT2D eigenvalue weighted by molar-refractivity contribution is 0.171. The van der Waals surface area contributed by atoms with Gasteiger partial charge >= 0.3 is 0 Å². The van der Waals surface area contributed by atoms with Gasteiger partial charge in [-0.2, -0.15) is 0 Å². The lowest BCUT2D eigenvalue weighted by Crippen LogP contribution is -2.06. The van der Waals surface area contributed by atoms with Crippen LogP contribution < -0.4 is 4.74 Å². The van der Waals surface area contributed by atoms with E-state index in [-0.39, 0.29) is 6.42 Å². The molecular formula is C13H12ClFN2O2. The van der Waals surface area contributed by atoms with E-state index in [0.29, 0.717) is 22.2 Å². The molecule has 6 heteroatoms. The van der Waals surface area contributed by atoms with E-state index < -0.39 is 11.9 Å². The molecule has 2 aromatic rings. The van der Waals surface area contributed by atoms with E-state index in [1.807, 2.05) is 0 Å². The number of aliphatic hydroxyl groups excluding tert-OH is 1. The van der Waals surface area contributed by atoms with Crippen LogP contribution in [0.4, 0.5) is 4.39 Å². The summed E-state index contributed by atoms with van der Waals surface area (Å²) in [5.74, 6) is -0.0694. The zero-order valence-electron chi connectivity index (χ0n) is 10.2. The average molecular weight is 283 g/mol. The topological polar surface area (TPSA) is 55.2 Å². The Morgan fingerprint density at radius 1 is 1.37 bits per heavy atom. The molecule has 0 bridgehead atoms. The predicted octanol–water partition coefficient (Wildman–Crippen LogP) is 2.55. The molecule has 1 atom stereocenters. The summed E-state index contributed by atoms with van der Waals surface area (Å²) >= 11 is 5.80. The number of aliphatic hydroxyl groups is 1. The Morgan fingerprint density at radius 2 is 2.16 bits per heavy atom. The number of rotatable bonds is 4. The summed E-state index contributed by atoms with van der Waals surface area (Å²) < 4.78 is 18.5. The average Bonchev–Trinajstić information content (AvgIpc) is 2.43. The van der Waals surface area contributed by atoms with E-state index in [0.717, 1.165) is 0 Å². The van der Waals surface area contributed by atoms with Gasteiger partial charge in [-0.1, -0.05) is 11.6 Å². The standard InChI is InChI=1S/C13H12ClFN2O2/c1-19-13-6-11(16-7-17-13)12(18)5-8-4-9(14)2-3-10(8)15/h2-4,6-7,12,18H,5H2,1H3. The van der Waals surface area contributed by atoms with Crippen molar-refractivity contribution in [1.29, 1.82) is 0 Å². The summed E-state index contributed by atoms with van der Waals surface area (Å²) in [6.45, 7) is 0. The minimum Gasteiger partial charge on any atom is -0.481 e. The van der Waals surface area contributed by atoms with Gasteiger partial charge in [0.05, 0.1) is 12.8 Å². The second kappa shape index (κ2) is 5.95. The van der Waals surface area contributed by atoms with Crippen LogP contribution in [0.2, 0.25) is 5.02 Å². The van der Waals surface area contributed by atoms with E-state index in [4.69, 9.17) is 16.3 Å². The third-order valence-corrected chi connectivity index (χ3v) is 2.87. The van der Waals surface area contributed by atoms with Crippen molar-refractivity contribution in [2.45, 2.75) is 12.5 Å². The maximum absolute atomic E-state index is 13.6. The molecule has 1 unspecified atom stereocenters. The Labute approximate surface area is 114 Å². The third kappa shape index (κ3) is 3.39. The van der Waals surface area contributed by atoms with Crippen LogP contribution in [0.5, 0.6) is 5.88 Å². The first kappa shape index (κ1) is 13.7. The van der Waals surface area contributed by atoms with Crippen molar-refractivity contribution >= 4 is 11.6 Å². The molecule has 1 heterocycles. The molecule has 0 spiro atoms. The fourth-order valence-electron chi connectivity index (χ4n) is 1.66. The molecule has 1 aromatic carbocycles. The quantitative estimate of drug-likeness (QED) is 0.936. The number of nitrogens with zero attached hydrogens (tertiary/aromatic N) is 2. The molecule has 4 nitrogen and oxygen atoms in total. The maximum atomic E-state index is 13.6. The molecule has 0 amide bonds. The molecule has 0 saturated carbocycles. The zero-order valence-corrected chi connectivity index (χ0v) is 10.9. The minimum absolute atomic E-state index is 0.0760. The molecule has 0 fully saturated rings. The largest absolute Gasteiger partial charge is 0.481 e. The van der Waals surface area contributed by atoms with Crippen molar-refractivity contribution in [3.63, 3.8) is 0 Å². The van der Waals surface area contributed by atoms with Crippen LogP contribution in [0.3, 0.4) is 0 Å². The third-order valence-electron chi connectivity index (χ3n) is 2.63. The molecule has 0 saturated heterocycles.